The number of carbonyl (C=O) groups is 1. The number of aromatic amines is 1. The first-order valence-corrected chi connectivity index (χ1v) is 10.8. The van der Waals surface area contributed by atoms with Gasteiger partial charge in [-0.15, -0.1) is 5.10 Å². The molecule has 2 aromatic carbocycles. The maximum absolute atomic E-state index is 13.0. The second-order valence-corrected chi connectivity index (χ2v) is 8.32. The molecule has 1 amide bonds. The number of hydrogen-bond donors (Lipinski definition) is 1. The second-order valence-electron chi connectivity index (χ2n) is 8.32. The number of hydrogen-bond acceptors (Lipinski definition) is 5. The minimum Gasteiger partial charge on any atom is -0.338 e. The molecular weight excluding hydrogens is 404 g/mol. The predicted octanol–water partition coefficient (Wildman–Crippen LogP) is 2.89. The van der Waals surface area contributed by atoms with Gasteiger partial charge in [-0.3, -0.25) is 9.59 Å². The largest absolute Gasteiger partial charge is 0.338 e. The number of piperidine rings is 1. The number of fused-ring (bicyclic) bond motifs is 1. The molecule has 0 unspecified atom stereocenters. The zero-order valence-corrected chi connectivity index (χ0v) is 17.9. The van der Waals surface area contributed by atoms with Gasteiger partial charge in [0.05, 0.1) is 6.54 Å². The van der Waals surface area contributed by atoms with E-state index in [0.29, 0.717) is 36.7 Å². The van der Waals surface area contributed by atoms with Gasteiger partial charge in [-0.25, -0.2) is 9.67 Å². The molecule has 1 fully saturated rings. The number of H-pyrrole nitrogens is 1. The van der Waals surface area contributed by atoms with Crippen molar-refractivity contribution in [3.8, 4) is 0 Å². The highest BCUT2D eigenvalue weighted by Crippen LogP contribution is 2.26. The highest BCUT2D eigenvalue weighted by atomic mass is 16.2. The summed E-state index contributed by atoms with van der Waals surface area (Å²) in [4.78, 5) is 35.2. The summed E-state index contributed by atoms with van der Waals surface area (Å²) in [5.41, 5.74) is 3.19. The minimum atomic E-state index is -0.300. The molecule has 1 N–H and O–H groups in total. The maximum atomic E-state index is 13.0. The van der Waals surface area contributed by atoms with Crippen molar-refractivity contribution in [2.75, 3.05) is 13.1 Å². The van der Waals surface area contributed by atoms with E-state index in [0.717, 1.165) is 24.0 Å². The molecule has 5 rings (SSSR count). The Hall–Kier alpha value is -3.81. The summed E-state index contributed by atoms with van der Waals surface area (Å²) in [7, 11) is 0. The molecule has 8 nitrogen and oxygen atoms in total. The SMILES string of the molecule is Cc1cccc(C(=O)N2CCC[C@@H](c3nc4c(nnn4Cc4ccccc4)c(=O)[nH]3)C2)c1. The number of aryl methyl sites for hydroxylation is 1. The Labute approximate surface area is 184 Å². The molecule has 1 aliphatic heterocycles. The van der Waals surface area contributed by atoms with Gasteiger partial charge in [0.1, 0.15) is 5.82 Å². The van der Waals surface area contributed by atoms with Crippen LogP contribution in [-0.4, -0.2) is 48.9 Å². The van der Waals surface area contributed by atoms with Crippen molar-refractivity contribution in [2.45, 2.75) is 32.2 Å². The lowest BCUT2D eigenvalue weighted by atomic mass is 9.96. The fourth-order valence-electron chi connectivity index (χ4n) is 4.28. The van der Waals surface area contributed by atoms with Crippen LogP contribution in [0.1, 0.15) is 46.1 Å². The summed E-state index contributed by atoms with van der Waals surface area (Å²) in [6.07, 6.45) is 1.71. The van der Waals surface area contributed by atoms with Crippen molar-refractivity contribution in [1.82, 2.24) is 29.9 Å². The Morgan fingerprint density at radius 3 is 2.81 bits per heavy atom. The summed E-state index contributed by atoms with van der Waals surface area (Å²) >= 11 is 0. The van der Waals surface area contributed by atoms with Crippen molar-refractivity contribution in [2.24, 2.45) is 0 Å². The standard InChI is InChI=1S/C24H24N6O2/c1-16-7-5-10-18(13-16)24(32)29-12-6-11-19(15-29)21-25-22-20(23(31)26-21)27-28-30(22)14-17-8-3-2-4-9-17/h2-5,7-10,13,19H,6,11-12,14-15H2,1H3,(H,25,26,31)/t19-/m1/s1. The Balaban J connectivity index is 1.43. The molecule has 3 heterocycles. The Bertz CT molecular complexity index is 1330. The van der Waals surface area contributed by atoms with E-state index in [1.807, 2.05) is 66.4 Å². The molecule has 162 valence electrons. The van der Waals surface area contributed by atoms with Crippen LogP contribution < -0.4 is 5.56 Å². The van der Waals surface area contributed by atoms with Crippen molar-refractivity contribution in [1.29, 1.82) is 0 Å². The van der Waals surface area contributed by atoms with E-state index in [9.17, 15) is 9.59 Å². The average molecular weight is 428 g/mol. The fourth-order valence-corrected chi connectivity index (χ4v) is 4.28. The van der Waals surface area contributed by atoms with E-state index in [4.69, 9.17) is 4.98 Å². The van der Waals surface area contributed by atoms with Crippen molar-refractivity contribution >= 4 is 17.1 Å². The van der Waals surface area contributed by atoms with Gasteiger partial charge in [-0.2, -0.15) is 0 Å². The normalized spacial score (nSPS) is 16.4. The summed E-state index contributed by atoms with van der Waals surface area (Å²) < 4.78 is 1.65. The molecule has 4 aromatic rings. The molecule has 0 radical (unpaired) electrons. The molecule has 32 heavy (non-hydrogen) atoms. The Morgan fingerprint density at radius 1 is 1.16 bits per heavy atom. The molecule has 0 aliphatic carbocycles. The molecule has 0 saturated carbocycles. The third kappa shape index (κ3) is 3.91. The molecule has 1 saturated heterocycles. The van der Waals surface area contributed by atoms with Crippen LogP contribution in [-0.2, 0) is 6.54 Å². The van der Waals surface area contributed by atoms with Crippen LogP contribution in [0.4, 0.5) is 0 Å². The lowest BCUT2D eigenvalue weighted by Crippen LogP contribution is -2.40. The van der Waals surface area contributed by atoms with E-state index < -0.39 is 0 Å². The van der Waals surface area contributed by atoms with Crippen molar-refractivity contribution < 1.29 is 4.79 Å². The highest BCUT2D eigenvalue weighted by Gasteiger charge is 2.28. The predicted molar refractivity (Wildman–Crippen MR) is 121 cm³/mol. The van der Waals surface area contributed by atoms with Gasteiger partial charge in [0.2, 0.25) is 0 Å². The van der Waals surface area contributed by atoms with E-state index in [-0.39, 0.29) is 22.9 Å². The van der Waals surface area contributed by atoms with Crippen LogP contribution in [0.15, 0.2) is 59.4 Å². The van der Waals surface area contributed by atoms with Crippen molar-refractivity contribution in [3.63, 3.8) is 0 Å². The van der Waals surface area contributed by atoms with Crippen LogP contribution in [0.2, 0.25) is 0 Å². The van der Waals surface area contributed by atoms with Crippen LogP contribution in [0.5, 0.6) is 0 Å². The topological polar surface area (TPSA) is 96.8 Å². The van der Waals surface area contributed by atoms with Gasteiger partial charge in [-0.05, 0) is 37.5 Å². The molecular formula is C24H24N6O2. The quantitative estimate of drug-likeness (QED) is 0.539. The second kappa shape index (κ2) is 8.37. The van der Waals surface area contributed by atoms with Gasteiger partial charge in [-0.1, -0.05) is 53.2 Å². The van der Waals surface area contributed by atoms with Gasteiger partial charge in [0.25, 0.3) is 11.5 Å². The van der Waals surface area contributed by atoms with Gasteiger partial charge >= 0.3 is 0 Å². The molecule has 1 aliphatic rings. The van der Waals surface area contributed by atoms with Gasteiger partial charge in [0.15, 0.2) is 11.2 Å². The first-order chi connectivity index (χ1) is 15.6. The number of aromatic nitrogens is 5. The lowest BCUT2D eigenvalue weighted by molar-refractivity contribution is 0.0704. The third-order valence-corrected chi connectivity index (χ3v) is 5.93. The minimum absolute atomic E-state index is 0.0117. The Kier molecular flexibility index (Phi) is 5.26. The highest BCUT2D eigenvalue weighted by molar-refractivity contribution is 5.94. The number of nitrogens with one attached hydrogen (secondary N) is 1. The molecule has 1 atom stereocenters. The summed E-state index contributed by atoms with van der Waals surface area (Å²) in [5.74, 6) is 0.549. The number of amides is 1. The maximum Gasteiger partial charge on any atom is 0.281 e. The van der Waals surface area contributed by atoms with Gasteiger partial charge in [0, 0.05) is 24.6 Å². The first-order valence-electron chi connectivity index (χ1n) is 10.8. The van der Waals surface area contributed by atoms with Crippen LogP contribution >= 0.6 is 0 Å². The number of likely N-dealkylation sites (tertiary alicyclic amines) is 1. The van der Waals surface area contributed by atoms with Crippen molar-refractivity contribution in [3.05, 3.63) is 87.5 Å². The zero-order valence-electron chi connectivity index (χ0n) is 17.9. The van der Waals surface area contributed by atoms with Crippen LogP contribution in [0.3, 0.4) is 0 Å². The molecule has 0 spiro atoms. The number of carbonyl (C=O) groups excluding carboxylic acids is 1. The van der Waals surface area contributed by atoms with E-state index in [1.54, 1.807) is 4.68 Å². The molecule has 2 aromatic heterocycles. The molecule has 0 bridgehead atoms. The zero-order chi connectivity index (χ0) is 22.1. The Morgan fingerprint density at radius 2 is 2.00 bits per heavy atom. The first kappa shape index (κ1) is 20.1. The summed E-state index contributed by atoms with van der Waals surface area (Å²) in [6.45, 7) is 3.67. The average Bonchev–Trinajstić information content (AvgIpc) is 3.22. The molecule has 8 heteroatoms. The van der Waals surface area contributed by atoms with E-state index in [1.165, 1.54) is 0 Å². The summed E-state index contributed by atoms with van der Waals surface area (Å²) in [5, 5.41) is 8.18. The number of nitrogens with zero attached hydrogens (tertiary/aromatic N) is 5. The monoisotopic (exact) mass is 428 g/mol. The third-order valence-electron chi connectivity index (χ3n) is 5.93. The van der Waals surface area contributed by atoms with Crippen LogP contribution in [0, 0.1) is 6.92 Å². The van der Waals surface area contributed by atoms with Crippen LogP contribution in [0.25, 0.3) is 11.2 Å². The number of rotatable bonds is 4. The smallest absolute Gasteiger partial charge is 0.281 e. The number of benzene rings is 2. The lowest BCUT2D eigenvalue weighted by Gasteiger charge is -2.32. The fraction of sp³-hybridized carbons (Fsp3) is 0.292. The van der Waals surface area contributed by atoms with Gasteiger partial charge < -0.3 is 9.88 Å². The summed E-state index contributed by atoms with van der Waals surface area (Å²) in [6, 6.07) is 17.5. The van der Waals surface area contributed by atoms with E-state index >= 15 is 0 Å². The van der Waals surface area contributed by atoms with E-state index in [2.05, 4.69) is 15.3 Å².